The first kappa shape index (κ1) is 15.0. The molecule has 0 bridgehead atoms. The van der Waals surface area contributed by atoms with Gasteiger partial charge in [0, 0.05) is 24.9 Å². The summed E-state index contributed by atoms with van der Waals surface area (Å²) in [6, 6.07) is 2.05. The highest BCUT2D eigenvalue weighted by Crippen LogP contribution is 2.30. The van der Waals surface area contributed by atoms with Crippen LogP contribution in [0.15, 0.2) is 6.07 Å². The number of hydrogen-bond acceptors (Lipinski definition) is 4. The number of hydrogen-bond donors (Lipinski definition) is 0. The second-order valence-corrected chi connectivity index (χ2v) is 6.31. The fraction of sp³-hybridized carbons (Fsp3) is 0.600. The number of amides is 1. The first-order valence-corrected chi connectivity index (χ1v) is 7.87. The minimum Gasteiger partial charge on any atom is -0.469 e. The molecule has 20 heavy (non-hydrogen) atoms. The fourth-order valence-corrected chi connectivity index (χ4v) is 3.70. The van der Waals surface area contributed by atoms with Crippen molar-refractivity contribution in [1.29, 1.82) is 0 Å². The molecule has 4 nitrogen and oxygen atoms in total. The van der Waals surface area contributed by atoms with Crippen LogP contribution in [0.3, 0.4) is 0 Å². The summed E-state index contributed by atoms with van der Waals surface area (Å²) in [6.07, 6.45) is 5.67. The third-order valence-electron chi connectivity index (χ3n) is 3.66. The van der Waals surface area contributed by atoms with Crippen molar-refractivity contribution in [3.8, 4) is 0 Å². The van der Waals surface area contributed by atoms with Crippen LogP contribution in [0.25, 0.3) is 0 Å². The van der Waals surface area contributed by atoms with Crippen LogP contribution in [0, 0.1) is 0 Å². The summed E-state index contributed by atoms with van der Waals surface area (Å²) in [5.41, 5.74) is 1.35. The Morgan fingerprint density at radius 2 is 2.10 bits per heavy atom. The van der Waals surface area contributed by atoms with Crippen LogP contribution in [0.5, 0.6) is 0 Å². The zero-order valence-electron chi connectivity index (χ0n) is 12.1. The lowest BCUT2D eigenvalue weighted by atomic mass is 9.99. The number of rotatable bonds is 5. The first-order valence-electron chi connectivity index (χ1n) is 7.05. The smallest absolute Gasteiger partial charge is 0.305 e. The molecule has 0 radical (unpaired) electrons. The molecule has 2 rings (SSSR count). The van der Waals surface area contributed by atoms with E-state index in [2.05, 4.69) is 10.8 Å². The highest BCUT2D eigenvalue weighted by Gasteiger charge is 2.19. The van der Waals surface area contributed by atoms with Crippen molar-refractivity contribution in [3.63, 3.8) is 0 Å². The Morgan fingerprint density at radius 1 is 1.35 bits per heavy atom. The van der Waals surface area contributed by atoms with Crippen LogP contribution in [0.1, 0.15) is 45.8 Å². The van der Waals surface area contributed by atoms with Gasteiger partial charge < -0.3 is 9.64 Å². The van der Waals surface area contributed by atoms with Crippen molar-refractivity contribution in [1.82, 2.24) is 4.90 Å². The number of ether oxygens (including phenoxy) is 1. The van der Waals surface area contributed by atoms with E-state index >= 15 is 0 Å². The fourth-order valence-electron chi connectivity index (χ4n) is 2.45. The molecule has 0 spiro atoms. The molecule has 1 aromatic heterocycles. The Hall–Kier alpha value is -1.36. The largest absolute Gasteiger partial charge is 0.469 e. The maximum absolute atomic E-state index is 12.3. The Bertz CT molecular complexity index is 472. The zero-order chi connectivity index (χ0) is 14.5. The Morgan fingerprint density at radius 3 is 2.80 bits per heavy atom. The molecule has 0 saturated carbocycles. The average molecular weight is 295 g/mol. The Kier molecular flexibility index (Phi) is 5.17. The Balaban J connectivity index is 1.89. The van der Waals surface area contributed by atoms with E-state index in [4.69, 9.17) is 0 Å². The number of fused-ring (bicyclic) bond motifs is 1. The molecule has 5 heteroatoms. The maximum Gasteiger partial charge on any atom is 0.305 e. The summed E-state index contributed by atoms with van der Waals surface area (Å²) in [5.74, 6) is -0.160. The maximum atomic E-state index is 12.3. The summed E-state index contributed by atoms with van der Waals surface area (Å²) < 4.78 is 4.59. The van der Waals surface area contributed by atoms with E-state index in [0.717, 1.165) is 17.7 Å². The van der Waals surface area contributed by atoms with Gasteiger partial charge in [-0.2, -0.15) is 0 Å². The van der Waals surface area contributed by atoms with Crippen LogP contribution >= 0.6 is 11.3 Å². The van der Waals surface area contributed by atoms with Crippen molar-refractivity contribution in [2.45, 2.75) is 38.5 Å². The SMILES string of the molecule is COC(=O)CCCN(C)C(=O)c1cc2c(s1)CCCC2. The van der Waals surface area contributed by atoms with Gasteiger partial charge in [-0.25, -0.2) is 0 Å². The molecule has 1 heterocycles. The van der Waals surface area contributed by atoms with Gasteiger partial charge in [0.2, 0.25) is 0 Å². The molecule has 0 aliphatic heterocycles. The van der Waals surface area contributed by atoms with Crippen LogP contribution in [-0.2, 0) is 22.4 Å². The van der Waals surface area contributed by atoms with Crippen molar-refractivity contribution < 1.29 is 14.3 Å². The molecular weight excluding hydrogens is 274 g/mol. The topological polar surface area (TPSA) is 46.6 Å². The molecular formula is C15H21NO3S. The van der Waals surface area contributed by atoms with Crippen LogP contribution in [0.2, 0.25) is 0 Å². The molecule has 0 atom stereocenters. The van der Waals surface area contributed by atoms with E-state index in [0.29, 0.717) is 19.4 Å². The molecule has 0 unspecified atom stereocenters. The van der Waals surface area contributed by atoms with Crippen molar-refractivity contribution in [2.24, 2.45) is 0 Å². The molecule has 0 aromatic carbocycles. The van der Waals surface area contributed by atoms with Crippen molar-refractivity contribution in [2.75, 3.05) is 20.7 Å². The van der Waals surface area contributed by atoms with Gasteiger partial charge in [0.15, 0.2) is 0 Å². The molecule has 1 aliphatic rings. The number of carbonyl (C=O) groups excluding carboxylic acids is 2. The second-order valence-electron chi connectivity index (χ2n) is 5.17. The van der Waals surface area contributed by atoms with Crippen LogP contribution < -0.4 is 0 Å². The second kappa shape index (κ2) is 6.88. The monoisotopic (exact) mass is 295 g/mol. The summed E-state index contributed by atoms with van der Waals surface area (Å²) in [7, 11) is 3.17. The third-order valence-corrected chi connectivity index (χ3v) is 4.88. The molecule has 1 amide bonds. The van der Waals surface area contributed by atoms with E-state index in [9.17, 15) is 9.59 Å². The highest BCUT2D eigenvalue weighted by atomic mass is 32.1. The minimum absolute atomic E-state index is 0.0641. The van der Waals surface area contributed by atoms with Crippen LogP contribution in [0.4, 0.5) is 0 Å². The van der Waals surface area contributed by atoms with Gasteiger partial charge in [0.1, 0.15) is 0 Å². The third kappa shape index (κ3) is 3.60. The molecule has 0 fully saturated rings. The number of carbonyl (C=O) groups is 2. The van der Waals surface area contributed by atoms with Gasteiger partial charge in [0.25, 0.3) is 5.91 Å². The number of nitrogens with zero attached hydrogens (tertiary/aromatic N) is 1. The lowest BCUT2D eigenvalue weighted by molar-refractivity contribution is -0.140. The minimum atomic E-state index is -0.225. The molecule has 1 aromatic rings. The van der Waals surface area contributed by atoms with E-state index in [1.165, 1.54) is 30.4 Å². The molecule has 1 aliphatic carbocycles. The number of thiophene rings is 1. The predicted octanol–water partition coefficient (Wildman–Crippen LogP) is 2.65. The van der Waals surface area contributed by atoms with Gasteiger partial charge in [0.05, 0.1) is 12.0 Å². The van der Waals surface area contributed by atoms with Gasteiger partial charge in [-0.05, 0) is 43.7 Å². The highest BCUT2D eigenvalue weighted by molar-refractivity contribution is 7.14. The summed E-state index contributed by atoms with van der Waals surface area (Å²) in [6.45, 7) is 0.580. The van der Waals surface area contributed by atoms with E-state index in [1.807, 2.05) is 0 Å². The number of aryl methyl sites for hydroxylation is 2. The molecule has 0 N–H and O–H groups in total. The van der Waals surface area contributed by atoms with Gasteiger partial charge in [-0.3, -0.25) is 9.59 Å². The number of esters is 1. The summed E-state index contributed by atoms with van der Waals surface area (Å²) in [4.78, 5) is 27.3. The van der Waals surface area contributed by atoms with Crippen LogP contribution in [-0.4, -0.2) is 37.5 Å². The van der Waals surface area contributed by atoms with E-state index in [-0.39, 0.29) is 11.9 Å². The van der Waals surface area contributed by atoms with Gasteiger partial charge in [-0.15, -0.1) is 11.3 Å². The molecule has 0 saturated heterocycles. The lowest BCUT2D eigenvalue weighted by Gasteiger charge is -2.15. The van der Waals surface area contributed by atoms with Gasteiger partial charge in [-0.1, -0.05) is 0 Å². The lowest BCUT2D eigenvalue weighted by Crippen LogP contribution is -2.27. The van der Waals surface area contributed by atoms with E-state index < -0.39 is 0 Å². The quantitative estimate of drug-likeness (QED) is 0.785. The van der Waals surface area contributed by atoms with Crippen molar-refractivity contribution >= 4 is 23.2 Å². The normalized spacial score (nSPS) is 13.7. The average Bonchev–Trinajstić information content (AvgIpc) is 2.89. The Labute approximate surface area is 123 Å². The van der Waals surface area contributed by atoms with Crippen molar-refractivity contribution in [3.05, 3.63) is 21.4 Å². The molecule has 110 valence electrons. The predicted molar refractivity (Wildman–Crippen MR) is 79.2 cm³/mol. The number of methoxy groups -OCH3 is 1. The summed E-state index contributed by atoms with van der Waals surface area (Å²) in [5, 5.41) is 0. The zero-order valence-corrected chi connectivity index (χ0v) is 12.9. The summed E-state index contributed by atoms with van der Waals surface area (Å²) >= 11 is 1.63. The standard InChI is InChI=1S/C15H21NO3S/c1-16(9-5-8-14(17)19-2)15(18)13-10-11-6-3-4-7-12(11)20-13/h10H,3-9H2,1-2H3. The first-order chi connectivity index (χ1) is 9.61. The van der Waals surface area contributed by atoms with Gasteiger partial charge >= 0.3 is 5.97 Å². The van der Waals surface area contributed by atoms with E-state index in [1.54, 1.807) is 23.3 Å².